The lowest BCUT2D eigenvalue weighted by Crippen LogP contribution is -2.24. The smallest absolute Gasteiger partial charge is 0.406 e. The minimum atomic E-state index is -4.65. The lowest BCUT2D eigenvalue weighted by molar-refractivity contribution is -0.274. The summed E-state index contributed by atoms with van der Waals surface area (Å²) in [4.78, 5) is 0. The Bertz CT molecular complexity index is 435. The maximum absolute atomic E-state index is 12.0. The van der Waals surface area contributed by atoms with E-state index in [0.29, 0.717) is 6.04 Å². The van der Waals surface area contributed by atoms with Crippen LogP contribution in [0.25, 0.3) is 6.08 Å². The molecule has 0 spiro atoms. The summed E-state index contributed by atoms with van der Waals surface area (Å²) in [5, 5.41) is 3.32. The highest BCUT2D eigenvalue weighted by molar-refractivity contribution is 5.54. The zero-order valence-corrected chi connectivity index (χ0v) is 11.9. The number of nitrogens with one attached hydrogen (secondary N) is 1. The Kier molecular flexibility index (Phi) is 6.07. The van der Waals surface area contributed by atoms with E-state index in [-0.39, 0.29) is 5.75 Å². The van der Waals surface area contributed by atoms with Gasteiger partial charge in [-0.15, -0.1) is 13.2 Å². The highest BCUT2D eigenvalue weighted by Crippen LogP contribution is 2.23. The molecule has 2 nitrogen and oxygen atoms in total. The minimum Gasteiger partial charge on any atom is -0.406 e. The fraction of sp³-hybridized carbons (Fsp3) is 0.467. The normalized spacial score (nSPS) is 12.8. The van der Waals surface area contributed by atoms with Crippen LogP contribution < -0.4 is 10.1 Å². The predicted octanol–water partition coefficient (Wildman–Crippen LogP) is 4.38. The molecule has 0 unspecified atom stereocenters. The summed E-state index contributed by atoms with van der Waals surface area (Å²) >= 11 is 0. The van der Waals surface area contributed by atoms with E-state index in [0.717, 1.165) is 18.5 Å². The van der Waals surface area contributed by atoms with E-state index in [1.54, 1.807) is 12.1 Å². The molecule has 0 aromatic heterocycles. The van der Waals surface area contributed by atoms with Crippen LogP contribution in [-0.4, -0.2) is 18.9 Å². The highest BCUT2D eigenvalue weighted by atomic mass is 19.4. The summed E-state index contributed by atoms with van der Waals surface area (Å²) in [6.45, 7) is 6.96. The second-order valence-corrected chi connectivity index (χ2v) is 4.81. The van der Waals surface area contributed by atoms with Gasteiger partial charge in [0.2, 0.25) is 0 Å². The Morgan fingerprint density at radius 2 is 1.85 bits per heavy atom. The molecule has 1 aromatic rings. The quantitative estimate of drug-likeness (QED) is 0.838. The lowest BCUT2D eigenvalue weighted by Gasteiger charge is -2.11. The van der Waals surface area contributed by atoms with E-state index in [1.807, 2.05) is 6.08 Å². The maximum Gasteiger partial charge on any atom is 0.573 e. The van der Waals surface area contributed by atoms with Crippen molar-refractivity contribution in [1.29, 1.82) is 0 Å². The third-order valence-electron chi connectivity index (χ3n) is 2.68. The fourth-order valence-corrected chi connectivity index (χ4v) is 1.61. The van der Waals surface area contributed by atoms with Gasteiger partial charge in [-0.2, -0.15) is 0 Å². The molecule has 5 heteroatoms. The average molecular weight is 287 g/mol. The zero-order valence-electron chi connectivity index (χ0n) is 11.9. The van der Waals surface area contributed by atoms with Crippen molar-refractivity contribution in [2.75, 3.05) is 6.54 Å². The Morgan fingerprint density at radius 1 is 1.25 bits per heavy atom. The molecule has 1 N–H and O–H groups in total. The van der Waals surface area contributed by atoms with Crippen molar-refractivity contribution < 1.29 is 17.9 Å². The average Bonchev–Trinajstić information content (AvgIpc) is 2.34. The van der Waals surface area contributed by atoms with Gasteiger partial charge in [0.1, 0.15) is 5.75 Å². The van der Waals surface area contributed by atoms with Gasteiger partial charge in [0, 0.05) is 12.6 Å². The molecule has 0 amide bonds. The van der Waals surface area contributed by atoms with Crippen LogP contribution in [0.15, 0.2) is 29.8 Å². The van der Waals surface area contributed by atoms with Crippen molar-refractivity contribution in [3.05, 3.63) is 35.4 Å². The van der Waals surface area contributed by atoms with Crippen LogP contribution in [0.2, 0.25) is 0 Å². The third-order valence-corrected chi connectivity index (χ3v) is 2.68. The standard InChI is InChI=1S/C15H20F3NO/c1-4-12(10-19-11(2)3)9-13-5-7-14(8-6-13)20-15(16,17)18/h5-9,11,19H,4,10H2,1-3H3. The lowest BCUT2D eigenvalue weighted by atomic mass is 10.1. The molecule has 112 valence electrons. The van der Waals surface area contributed by atoms with Crippen LogP contribution in [0.1, 0.15) is 32.8 Å². The predicted molar refractivity (Wildman–Crippen MR) is 74.5 cm³/mol. The summed E-state index contributed by atoms with van der Waals surface area (Å²) < 4.78 is 40.0. The molecular formula is C15H20F3NO. The van der Waals surface area contributed by atoms with Gasteiger partial charge in [-0.3, -0.25) is 0 Å². The Morgan fingerprint density at radius 3 is 2.30 bits per heavy atom. The molecule has 1 rings (SSSR count). The SMILES string of the molecule is CCC(=Cc1ccc(OC(F)(F)F)cc1)CNC(C)C. The molecular weight excluding hydrogens is 267 g/mol. The van der Waals surface area contributed by atoms with E-state index in [4.69, 9.17) is 0 Å². The molecule has 20 heavy (non-hydrogen) atoms. The number of hydrogen-bond donors (Lipinski definition) is 1. The molecule has 0 aliphatic heterocycles. The van der Waals surface area contributed by atoms with E-state index < -0.39 is 6.36 Å². The van der Waals surface area contributed by atoms with Crippen molar-refractivity contribution in [2.24, 2.45) is 0 Å². The second-order valence-electron chi connectivity index (χ2n) is 4.81. The first-order valence-corrected chi connectivity index (χ1v) is 6.59. The van der Waals surface area contributed by atoms with Crippen molar-refractivity contribution >= 4 is 6.08 Å². The Labute approximate surface area is 117 Å². The molecule has 0 saturated heterocycles. The van der Waals surface area contributed by atoms with Gasteiger partial charge in [-0.1, -0.05) is 44.6 Å². The van der Waals surface area contributed by atoms with Gasteiger partial charge in [-0.05, 0) is 24.1 Å². The van der Waals surface area contributed by atoms with Crippen LogP contribution >= 0.6 is 0 Å². The first-order valence-electron chi connectivity index (χ1n) is 6.59. The molecule has 0 aliphatic carbocycles. The second kappa shape index (κ2) is 7.33. The van der Waals surface area contributed by atoms with E-state index in [2.05, 4.69) is 30.8 Å². The van der Waals surface area contributed by atoms with Gasteiger partial charge in [0.25, 0.3) is 0 Å². The van der Waals surface area contributed by atoms with Crippen LogP contribution in [0.5, 0.6) is 5.75 Å². The number of hydrogen-bond acceptors (Lipinski definition) is 2. The van der Waals surface area contributed by atoms with E-state index in [1.165, 1.54) is 17.7 Å². The molecule has 0 atom stereocenters. The summed E-state index contributed by atoms with van der Waals surface area (Å²) in [5.41, 5.74) is 2.06. The number of benzene rings is 1. The van der Waals surface area contributed by atoms with Crippen LogP contribution in [-0.2, 0) is 0 Å². The van der Waals surface area contributed by atoms with Gasteiger partial charge in [0.05, 0.1) is 0 Å². The minimum absolute atomic E-state index is 0.201. The molecule has 0 heterocycles. The molecule has 0 aliphatic rings. The fourth-order valence-electron chi connectivity index (χ4n) is 1.61. The van der Waals surface area contributed by atoms with E-state index >= 15 is 0 Å². The van der Waals surface area contributed by atoms with Crippen LogP contribution in [0.3, 0.4) is 0 Å². The topological polar surface area (TPSA) is 21.3 Å². The van der Waals surface area contributed by atoms with Gasteiger partial charge >= 0.3 is 6.36 Å². The van der Waals surface area contributed by atoms with Crippen molar-refractivity contribution in [2.45, 2.75) is 39.6 Å². The van der Waals surface area contributed by atoms with Gasteiger partial charge in [-0.25, -0.2) is 0 Å². The monoisotopic (exact) mass is 287 g/mol. The summed E-state index contributed by atoms with van der Waals surface area (Å²) in [6, 6.07) is 6.27. The first kappa shape index (κ1) is 16.6. The summed E-state index contributed by atoms with van der Waals surface area (Å²) in [5.74, 6) is -0.201. The van der Waals surface area contributed by atoms with Gasteiger partial charge in [0.15, 0.2) is 0 Å². The van der Waals surface area contributed by atoms with Crippen molar-refractivity contribution in [1.82, 2.24) is 5.32 Å². The van der Waals surface area contributed by atoms with Crippen LogP contribution in [0, 0.1) is 0 Å². The molecule has 1 aromatic carbocycles. The summed E-state index contributed by atoms with van der Waals surface area (Å²) in [7, 11) is 0. The zero-order chi connectivity index (χ0) is 15.2. The van der Waals surface area contributed by atoms with Crippen molar-refractivity contribution in [3.63, 3.8) is 0 Å². The molecule has 0 fully saturated rings. The number of rotatable bonds is 6. The van der Waals surface area contributed by atoms with Crippen molar-refractivity contribution in [3.8, 4) is 5.75 Å². The third kappa shape index (κ3) is 6.61. The molecule has 0 saturated carbocycles. The highest BCUT2D eigenvalue weighted by Gasteiger charge is 2.30. The van der Waals surface area contributed by atoms with E-state index in [9.17, 15) is 13.2 Å². The molecule has 0 radical (unpaired) electrons. The van der Waals surface area contributed by atoms with Gasteiger partial charge < -0.3 is 10.1 Å². The first-order chi connectivity index (χ1) is 9.30. The number of ether oxygens (including phenoxy) is 1. The number of alkyl halides is 3. The Balaban J connectivity index is 2.71. The maximum atomic E-state index is 12.0. The van der Waals surface area contributed by atoms with Crippen LogP contribution in [0.4, 0.5) is 13.2 Å². The summed E-state index contributed by atoms with van der Waals surface area (Å²) in [6.07, 6.45) is -1.78. The Hall–Kier alpha value is -1.49. The largest absolute Gasteiger partial charge is 0.573 e. The number of halogens is 3. The molecule has 0 bridgehead atoms.